The van der Waals surface area contributed by atoms with Gasteiger partial charge in [-0.1, -0.05) is 29.4 Å². The number of ether oxygens (including phenoxy) is 2. The third kappa shape index (κ3) is 3.24. The molecule has 2 aromatic carbocycles. The summed E-state index contributed by atoms with van der Waals surface area (Å²) in [5.74, 6) is -0.557. The molecule has 0 aliphatic carbocycles. The summed E-state index contributed by atoms with van der Waals surface area (Å²) in [7, 11) is 2.71. The Hall–Kier alpha value is -4.21. The summed E-state index contributed by atoms with van der Waals surface area (Å²) < 4.78 is 11.5. The number of methoxy groups -OCH3 is 2. The van der Waals surface area contributed by atoms with E-state index in [4.69, 9.17) is 9.47 Å². The number of allylic oxidation sites excluding steroid dienone is 1. The lowest BCUT2D eigenvalue weighted by Gasteiger charge is -2.28. The molecule has 30 heavy (non-hydrogen) atoms. The molecule has 2 N–H and O–H groups in total. The first-order chi connectivity index (χ1) is 14.5. The Morgan fingerprint density at radius 3 is 2.67 bits per heavy atom. The summed E-state index contributed by atoms with van der Waals surface area (Å²) in [6.45, 7) is 0. The van der Waals surface area contributed by atoms with Crippen LogP contribution < -0.4 is 10.1 Å². The van der Waals surface area contributed by atoms with Crippen molar-refractivity contribution >= 4 is 17.7 Å². The molecule has 0 fully saturated rings. The highest BCUT2D eigenvalue weighted by Crippen LogP contribution is 2.37. The number of benzene rings is 2. The van der Waals surface area contributed by atoms with E-state index in [0.717, 1.165) is 0 Å². The van der Waals surface area contributed by atoms with E-state index < -0.39 is 17.8 Å². The molecule has 10 nitrogen and oxygen atoms in total. The number of hydrogen-bond acceptors (Lipinski definition) is 9. The number of carbonyl (C=O) groups excluding carboxylic acids is 2. The fourth-order valence-corrected chi connectivity index (χ4v) is 3.31. The van der Waals surface area contributed by atoms with Crippen molar-refractivity contribution < 1.29 is 24.2 Å². The van der Waals surface area contributed by atoms with Crippen LogP contribution in [0, 0.1) is 0 Å². The number of phenolic OH excluding ortho intramolecular Hbond substituents is 1. The van der Waals surface area contributed by atoms with Crippen molar-refractivity contribution in [3.63, 3.8) is 0 Å². The number of tetrazole rings is 1. The van der Waals surface area contributed by atoms with Crippen LogP contribution in [0.4, 0.5) is 5.95 Å². The number of fused-ring (bicyclic) bond motifs is 1. The van der Waals surface area contributed by atoms with Gasteiger partial charge in [0.15, 0.2) is 5.78 Å². The first kappa shape index (κ1) is 19.1. The number of hydrogen-bond donors (Lipinski definition) is 2. The van der Waals surface area contributed by atoms with Gasteiger partial charge in [0.25, 0.3) is 0 Å². The van der Waals surface area contributed by atoms with Gasteiger partial charge in [0.1, 0.15) is 23.2 Å². The van der Waals surface area contributed by atoms with E-state index in [1.807, 2.05) is 0 Å². The number of Topliss-reactive ketones (excluding diaryl/α,β-unsaturated/α-hetero) is 1. The molecular weight excluding hydrogens is 390 g/mol. The predicted molar refractivity (Wildman–Crippen MR) is 104 cm³/mol. The Morgan fingerprint density at radius 1 is 1.13 bits per heavy atom. The largest absolute Gasteiger partial charge is 0.508 e. The average molecular weight is 407 g/mol. The summed E-state index contributed by atoms with van der Waals surface area (Å²) >= 11 is 0. The van der Waals surface area contributed by atoms with E-state index >= 15 is 0 Å². The van der Waals surface area contributed by atoms with Crippen LogP contribution >= 0.6 is 0 Å². The second-order valence-corrected chi connectivity index (χ2v) is 6.41. The number of rotatable bonds is 5. The lowest BCUT2D eigenvalue weighted by Crippen LogP contribution is -2.32. The number of ketones is 1. The number of anilines is 1. The van der Waals surface area contributed by atoms with Gasteiger partial charge in [0, 0.05) is 5.56 Å². The lowest BCUT2D eigenvalue weighted by molar-refractivity contribution is -0.136. The maximum atomic E-state index is 13.6. The molecule has 0 spiro atoms. The van der Waals surface area contributed by atoms with E-state index in [2.05, 4.69) is 20.8 Å². The topological polar surface area (TPSA) is 128 Å². The van der Waals surface area contributed by atoms with Crippen LogP contribution in [0.1, 0.15) is 22.0 Å². The van der Waals surface area contributed by atoms with Crippen molar-refractivity contribution in [3.05, 3.63) is 70.9 Å². The molecule has 1 aromatic heterocycles. The monoisotopic (exact) mass is 407 g/mol. The Balaban J connectivity index is 1.95. The summed E-state index contributed by atoms with van der Waals surface area (Å²) in [5, 5.41) is 24.3. The van der Waals surface area contributed by atoms with Gasteiger partial charge in [-0.3, -0.25) is 4.79 Å². The first-order valence-corrected chi connectivity index (χ1v) is 8.88. The number of aromatic hydroxyl groups is 1. The molecule has 0 radical (unpaired) electrons. The summed E-state index contributed by atoms with van der Waals surface area (Å²) in [6.07, 6.45) is 0. The summed E-state index contributed by atoms with van der Waals surface area (Å²) in [5.41, 5.74) is 0.799. The number of aromatic nitrogens is 4. The number of nitrogens with one attached hydrogen (secondary N) is 1. The van der Waals surface area contributed by atoms with Crippen LogP contribution in [0.3, 0.4) is 0 Å². The van der Waals surface area contributed by atoms with Gasteiger partial charge in [-0.15, -0.1) is 0 Å². The molecular formula is C20H17N5O5. The van der Waals surface area contributed by atoms with Crippen LogP contribution in [-0.2, 0) is 9.53 Å². The highest BCUT2D eigenvalue weighted by Gasteiger charge is 2.38. The van der Waals surface area contributed by atoms with Gasteiger partial charge in [-0.2, -0.15) is 4.68 Å². The van der Waals surface area contributed by atoms with Gasteiger partial charge in [-0.05, 0) is 40.3 Å². The SMILES string of the molecule is COC(=O)C1=C(C(=O)c2cccc(OC)c2)[C@@H](c2cccc(O)c2)n2nnnc2N1. The Kier molecular flexibility index (Phi) is 4.88. The zero-order chi connectivity index (χ0) is 21.3. The van der Waals surface area contributed by atoms with Crippen LogP contribution in [0.25, 0.3) is 0 Å². The maximum absolute atomic E-state index is 13.6. The second kappa shape index (κ2) is 7.66. The molecule has 3 aromatic rings. The van der Waals surface area contributed by atoms with Gasteiger partial charge >= 0.3 is 5.97 Å². The van der Waals surface area contributed by atoms with Crippen LogP contribution in [0.15, 0.2) is 59.8 Å². The molecule has 4 rings (SSSR count). The van der Waals surface area contributed by atoms with Crippen molar-refractivity contribution in [2.75, 3.05) is 19.5 Å². The quantitative estimate of drug-likeness (QED) is 0.480. The van der Waals surface area contributed by atoms with Crippen molar-refractivity contribution in [3.8, 4) is 11.5 Å². The maximum Gasteiger partial charge on any atom is 0.355 e. The highest BCUT2D eigenvalue weighted by molar-refractivity contribution is 6.15. The first-order valence-electron chi connectivity index (χ1n) is 8.88. The average Bonchev–Trinajstić information content (AvgIpc) is 3.25. The number of carbonyl (C=O) groups is 2. The molecule has 1 aliphatic rings. The lowest BCUT2D eigenvalue weighted by atomic mass is 9.89. The van der Waals surface area contributed by atoms with E-state index in [0.29, 0.717) is 16.9 Å². The Labute approximate surface area is 170 Å². The summed E-state index contributed by atoms with van der Waals surface area (Å²) in [4.78, 5) is 26.2. The second-order valence-electron chi connectivity index (χ2n) is 6.41. The zero-order valence-electron chi connectivity index (χ0n) is 16.1. The molecule has 10 heteroatoms. The fourth-order valence-electron chi connectivity index (χ4n) is 3.31. The normalized spacial score (nSPS) is 15.2. The molecule has 1 atom stereocenters. The Bertz CT molecular complexity index is 1170. The molecule has 0 saturated heterocycles. The standard InChI is InChI=1S/C20H17N5O5/c1-29-14-8-4-6-12(10-14)18(27)15-16(19(28)30-2)21-20-22-23-24-25(20)17(15)11-5-3-7-13(26)9-11/h3-10,17,26H,1-2H3,(H,21,22,24)/t17-/m1/s1. The van der Waals surface area contributed by atoms with Crippen LogP contribution in [0.2, 0.25) is 0 Å². The molecule has 0 amide bonds. The van der Waals surface area contributed by atoms with Gasteiger partial charge in [0.2, 0.25) is 5.95 Å². The van der Waals surface area contributed by atoms with Crippen molar-refractivity contribution in [1.82, 2.24) is 20.2 Å². The number of phenols is 1. The molecule has 2 heterocycles. The molecule has 0 bridgehead atoms. The molecule has 1 aliphatic heterocycles. The third-order valence-corrected chi connectivity index (χ3v) is 4.67. The van der Waals surface area contributed by atoms with E-state index in [1.54, 1.807) is 36.4 Å². The number of esters is 1. The minimum Gasteiger partial charge on any atom is -0.508 e. The van der Waals surface area contributed by atoms with Gasteiger partial charge < -0.3 is 19.9 Å². The van der Waals surface area contributed by atoms with E-state index in [-0.39, 0.29) is 23.0 Å². The predicted octanol–water partition coefficient (Wildman–Crippen LogP) is 1.71. The highest BCUT2D eigenvalue weighted by atomic mass is 16.5. The third-order valence-electron chi connectivity index (χ3n) is 4.67. The van der Waals surface area contributed by atoms with Crippen LogP contribution in [0.5, 0.6) is 11.5 Å². The minimum atomic E-state index is -0.879. The van der Waals surface area contributed by atoms with Gasteiger partial charge in [-0.25, -0.2) is 4.79 Å². The molecule has 0 unspecified atom stereocenters. The van der Waals surface area contributed by atoms with Crippen molar-refractivity contribution in [2.45, 2.75) is 6.04 Å². The van der Waals surface area contributed by atoms with Crippen molar-refractivity contribution in [2.24, 2.45) is 0 Å². The fraction of sp³-hybridized carbons (Fsp3) is 0.150. The van der Waals surface area contributed by atoms with Crippen molar-refractivity contribution in [1.29, 1.82) is 0 Å². The Morgan fingerprint density at radius 2 is 1.93 bits per heavy atom. The zero-order valence-corrected chi connectivity index (χ0v) is 16.1. The van der Waals surface area contributed by atoms with Crippen LogP contribution in [-0.4, -0.2) is 51.3 Å². The van der Waals surface area contributed by atoms with E-state index in [9.17, 15) is 14.7 Å². The van der Waals surface area contributed by atoms with E-state index in [1.165, 1.54) is 31.0 Å². The number of nitrogens with zero attached hydrogens (tertiary/aromatic N) is 4. The van der Waals surface area contributed by atoms with Gasteiger partial charge in [0.05, 0.1) is 19.8 Å². The smallest absolute Gasteiger partial charge is 0.355 e. The molecule has 152 valence electrons. The summed E-state index contributed by atoms with van der Waals surface area (Å²) in [6, 6.07) is 12.0. The minimum absolute atomic E-state index is 0.00606. The molecule has 0 saturated carbocycles.